The highest BCUT2D eigenvalue weighted by Crippen LogP contribution is 2.66. The lowest BCUT2D eigenvalue weighted by atomic mass is 9.70. The number of ether oxygens (including phenoxy) is 1. The summed E-state index contributed by atoms with van der Waals surface area (Å²) in [4.78, 5) is 16.8. The van der Waals surface area contributed by atoms with E-state index in [1.165, 1.54) is 18.2 Å². The zero-order valence-corrected chi connectivity index (χ0v) is 14.0. The summed E-state index contributed by atoms with van der Waals surface area (Å²) in [5.74, 6) is 0.455. The maximum Gasteiger partial charge on any atom is 0.341 e. The lowest BCUT2D eigenvalue weighted by Crippen LogP contribution is -2.38. The third-order valence-electron chi connectivity index (χ3n) is 6.15. The number of aromatic nitrogens is 1. The van der Waals surface area contributed by atoms with Gasteiger partial charge in [0.2, 0.25) is 0 Å². The van der Waals surface area contributed by atoms with Crippen molar-refractivity contribution in [3.63, 3.8) is 0 Å². The first-order valence-electron chi connectivity index (χ1n) is 7.60. The van der Waals surface area contributed by atoms with Crippen molar-refractivity contribution in [1.29, 1.82) is 0 Å². The van der Waals surface area contributed by atoms with Gasteiger partial charge in [-0.25, -0.2) is 9.78 Å². The van der Waals surface area contributed by atoms with Crippen molar-refractivity contribution in [2.45, 2.75) is 51.2 Å². The fourth-order valence-corrected chi connectivity index (χ4v) is 4.75. The fourth-order valence-electron chi connectivity index (χ4n) is 4.21. The molecule has 2 fully saturated rings. The maximum atomic E-state index is 12.5. The van der Waals surface area contributed by atoms with E-state index in [0.29, 0.717) is 11.5 Å². The Bertz CT molecular complexity index is 572. The first kappa shape index (κ1) is 14.9. The summed E-state index contributed by atoms with van der Waals surface area (Å²) >= 11 is 1.48. The Hall–Kier alpha value is -1.03. The molecule has 3 unspecified atom stereocenters. The van der Waals surface area contributed by atoms with Crippen molar-refractivity contribution in [1.82, 2.24) is 4.98 Å². The molecule has 4 heteroatoms. The SMILES string of the molecule is CSc1ncccc1C(=O)OC1CC2CCC1(C)C2(C)C. The summed E-state index contributed by atoms with van der Waals surface area (Å²) < 4.78 is 5.92. The molecule has 2 aliphatic rings. The van der Waals surface area contributed by atoms with Gasteiger partial charge < -0.3 is 4.74 Å². The molecular weight excluding hydrogens is 282 g/mol. The smallest absolute Gasteiger partial charge is 0.341 e. The number of nitrogens with zero attached hydrogens (tertiary/aromatic N) is 1. The summed E-state index contributed by atoms with van der Waals surface area (Å²) in [6.07, 6.45) is 7.11. The predicted octanol–water partition coefficient (Wildman–Crippen LogP) is 4.18. The Morgan fingerprint density at radius 2 is 2.19 bits per heavy atom. The van der Waals surface area contributed by atoms with Crippen LogP contribution in [0.5, 0.6) is 0 Å². The number of carbonyl (C=O) groups excluding carboxylic acids is 1. The molecule has 3 rings (SSSR count). The Kier molecular flexibility index (Phi) is 3.55. The van der Waals surface area contributed by atoms with E-state index in [1.54, 1.807) is 12.3 Å². The van der Waals surface area contributed by atoms with E-state index in [4.69, 9.17) is 4.74 Å². The minimum Gasteiger partial charge on any atom is -0.458 e. The third-order valence-corrected chi connectivity index (χ3v) is 6.86. The molecule has 3 atom stereocenters. The van der Waals surface area contributed by atoms with Crippen molar-refractivity contribution >= 4 is 17.7 Å². The first-order valence-corrected chi connectivity index (χ1v) is 8.82. The molecule has 0 aliphatic heterocycles. The summed E-state index contributed by atoms with van der Waals surface area (Å²) in [6, 6.07) is 3.60. The zero-order chi connectivity index (χ0) is 15.3. The van der Waals surface area contributed by atoms with Gasteiger partial charge in [0.1, 0.15) is 11.1 Å². The number of thioether (sulfide) groups is 1. The van der Waals surface area contributed by atoms with Crippen molar-refractivity contribution < 1.29 is 9.53 Å². The fraction of sp³-hybridized carbons (Fsp3) is 0.647. The monoisotopic (exact) mass is 305 g/mol. The van der Waals surface area contributed by atoms with Crippen LogP contribution in [0.1, 0.15) is 50.4 Å². The highest BCUT2D eigenvalue weighted by Gasteiger charge is 2.62. The predicted molar refractivity (Wildman–Crippen MR) is 84.5 cm³/mol. The van der Waals surface area contributed by atoms with Gasteiger partial charge in [-0.1, -0.05) is 20.8 Å². The van der Waals surface area contributed by atoms with Crippen LogP contribution < -0.4 is 0 Å². The van der Waals surface area contributed by atoms with E-state index in [2.05, 4.69) is 25.8 Å². The molecule has 0 saturated heterocycles. The van der Waals surface area contributed by atoms with Crippen molar-refractivity contribution in [2.75, 3.05) is 6.26 Å². The van der Waals surface area contributed by atoms with Crippen LogP contribution in [0.2, 0.25) is 0 Å². The molecule has 2 saturated carbocycles. The van der Waals surface area contributed by atoms with Crippen molar-refractivity contribution in [2.24, 2.45) is 16.7 Å². The second-order valence-electron chi connectivity index (χ2n) is 7.06. The van der Waals surface area contributed by atoms with Crippen LogP contribution in [0.15, 0.2) is 23.4 Å². The Balaban J connectivity index is 1.81. The number of pyridine rings is 1. The van der Waals surface area contributed by atoms with E-state index < -0.39 is 0 Å². The van der Waals surface area contributed by atoms with E-state index in [1.807, 2.05) is 12.3 Å². The van der Waals surface area contributed by atoms with E-state index in [0.717, 1.165) is 17.9 Å². The van der Waals surface area contributed by atoms with Gasteiger partial charge in [-0.05, 0) is 49.0 Å². The molecule has 1 heterocycles. The molecular formula is C17H23NO2S. The minimum atomic E-state index is -0.220. The van der Waals surface area contributed by atoms with E-state index >= 15 is 0 Å². The van der Waals surface area contributed by atoms with Crippen LogP contribution in [-0.4, -0.2) is 23.3 Å². The molecule has 21 heavy (non-hydrogen) atoms. The maximum absolute atomic E-state index is 12.5. The lowest BCUT2D eigenvalue weighted by molar-refractivity contribution is -0.0245. The van der Waals surface area contributed by atoms with Crippen LogP contribution in [0, 0.1) is 16.7 Å². The standard InChI is InChI=1S/C17H23NO2S/c1-16(2)11-7-8-17(16,3)13(10-11)20-15(19)12-6-5-9-18-14(12)21-4/h5-6,9,11,13H,7-8,10H2,1-4H3. The van der Waals surface area contributed by atoms with Crippen molar-refractivity contribution in [3.05, 3.63) is 23.9 Å². The molecule has 0 aromatic carbocycles. The van der Waals surface area contributed by atoms with Crippen LogP contribution in [0.3, 0.4) is 0 Å². The lowest BCUT2D eigenvalue weighted by Gasteiger charge is -2.38. The summed E-state index contributed by atoms with van der Waals surface area (Å²) in [5.41, 5.74) is 0.957. The van der Waals surface area contributed by atoms with E-state index in [9.17, 15) is 4.79 Å². The van der Waals surface area contributed by atoms with Crippen LogP contribution >= 0.6 is 11.8 Å². The molecule has 1 aromatic heterocycles. The number of fused-ring (bicyclic) bond motifs is 2. The van der Waals surface area contributed by atoms with Crippen molar-refractivity contribution in [3.8, 4) is 0 Å². The van der Waals surface area contributed by atoms with Gasteiger partial charge in [-0.15, -0.1) is 11.8 Å². The van der Waals surface area contributed by atoms with Gasteiger partial charge in [-0.3, -0.25) is 0 Å². The quantitative estimate of drug-likeness (QED) is 0.620. The topological polar surface area (TPSA) is 39.2 Å². The average molecular weight is 305 g/mol. The first-order chi connectivity index (χ1) is 9.90. The Labute approximate surface area is 130 Å². The Morgan fingerprint density at radius 3 is 2.76 bits per heavy atom. The molecule has 0 amide bonds. The van der Waals surface area contributed by atoms with E-state index in [-0.39, 0.29) is 22.9 Å². The van der Waals surface area contributed by atoms with Crippen LogP contribution in [0.25, 0.3) is 0 Å². The highest BCUT2D eigenvalue weighted by atomic mass is 32.2. The van der Waals surface area contributed by atoms with Gasteiger partial charge in [0.25, 0.3) is 0 Å². The molecule has 3 nitrogen and oxygen atoms in total. The molecule has 0 radical (unpaired) electrons. The zero-order valence-electron chi connectivity index (χ0n) is 13.2. The van der Waals surface area contributed by atoms with Gasteiger partial charge >= 0.3 is 5.97 Å². The highest BCUT2D eigenvalue weighted by molar-refractivity contribution is 7.98. The average Bonchev–Trinajstić information content (AvgIpc) is 2.80. The van der Waals surface area contributed by atoms with Crippen LogP contribution in [0.4, 0.5) is 0 Å². The number of hydrogen-bond acceptors (Lipinski definition) is 4. The number of rotatable bonds is 3. The molecule has 114 valence electrons. The molecule has 0 N–H and O–H groups in total. The minimum absolute atomic E-state index is 0.0358. The molecule has 0 spiro atoms. The molecule has 1 aromatic rings. The summed E-state index contributed by atoms with van der Waals surface area (Å²) in [7, 11) is 0. The molecule has 2 aliphatic carbocycles. The van der Waals surface area contributed by atoms with Gasteiger partial charge in [0, 0.05) is 11.6 Å². The third kappa shape index (κ3) is 2.10. The van der Waals surface area contributed by atoms with Crippen LogP contribution in [-0.2, 0) is 4.74 Å². The normalized spacial score (nSPS) is 33.1. The van der Waals surface area contributed by atoms with Gasteiger partial charge in [0.15, 0.2) is 0 Å². The summed E-state index contributed by atoms with van der Waals surface area (Å²) in [6.45, 7) is 6.95. The second kappa shape index (κ2) is 5.01. The Morgan fingerprint density at radius 1 is 1.43 bits per heavy atom. The number of esters is 1. The second-order valence-corrected chi connectivity index (χ2v) is 7.86. The molecule has 2 bridgehead atoms. The largest absolute Gasteiger partial charge is 0.458 e. The van der Waals surface area contributed by atoms with Gasteiger partial charge in [0.05, 0.1) is 5.56 Å². The van der Waals surface area contributed by atoms with Gasteiger partial charge in [-0.2, -0.15) is 0 Å². The number of carbonyl (C=O) groups is 1. The number of hydrogen-bond donors (Lipinski definition) is 0. The summed E-state index contributed by atoms with van der Waals surface area (Å²) in [5, 5.41) is 0.745.